The zero-order chi connectivity index (χ0) is 13.4. The Bertz CT molecular complexity index is 374. The van der Waals surface area contributed by atoms with Crippen LogP contribution < -0.4 is 0 Å². The highest BCUT2D eigenvalue weighted by atomic mass is 32.1. The van der Waals surface area contributed by atoms with Gasteiger partial charge in [-0.15, -0.1) is 11.3 Å². The summed E-state index contributed by atoms with van der Waals surface area (Å²) in [5.41, 5.74) is 0. The third kappa shape index (κ3) is 5.42. The van der Waals surface area contributed by atoms with Crippen LogP contribution >= 0.6 is 11.3 Å². The van der Waals surface area contributed by atoms with Gasteiger partial charge in [0.15, 0.2) is 0 Å². The number of thiophene rings is 1. The van der Waals surface area contributed by atoms with E-state index in [2.05, 4.69) is 14.8 Å². The second-order valence-corrected chi connectivity index (χ2v) is 5.31. The summed E-state index contributed by atoms with van der Waals surface area (Å²) in [5.74, 6) is 0.250. The zero-order valence-corrected chi connectivity index (χ0v) is 11.8. The standard InChI is InChI=1S/C13H19NO3S/c1-10(2)13(15)8-11(14-9-17-16-3)7-12-5-4-6-18-12/h4-6,9-11H,7-8H2,1-3H3/b14-9+/t11-/m0/s1. The molecular formula is C13H19NO3S. The summed E-state index contributed by atoms with van der Waals surface area (Å²) >= 11 is 1.67. The van der Waals surface area contributed by atoms with E-state index in [4.69, 9.17) is 0 Å². The molecule has 0 amide bonds. The van der Waals surface area contributed by atoms with Crippen LogP contribution in [-0.4, -0.2) is 25.3 Å². The smallest absolute Gasteiger partial charge is 0.215 e. The molecule has 18 heavy (non-hydrogen) atoms. The Morgan fingerprint density at radius 3 is 2.89 bits per heavy atom. The Morgan fingerprint density at radius 1 is 1.56 bits per heavy atom. The molecule has 4 nitrogen and oxygen atoms in total. The van der Waals surface area contributed by atoms with Crippen LogP contribution in [0.25, 0.3) is 0 Å². The molecule has 0 fully saturated rings. The van der Waals surface area contributed by atoms with Crippen molar-refractivity contribution in [3.8, 4) is 0 Å². The lowest BCUT2D eigenvalue weighted by Gasteiger charge is -2.11. The predicted octanol–water partition coefficient (Wildman–Crippen LogP) is 2.88. The number of nitrogens with zero attached hydrogens (tertiary/aromatic N) is 1. The highest BCUT2D eigenvalue weighted by Gasteiger charge is 2.16. The van der Waals surface area contributed by atoms with Gasteiger partial charge in [0.25, 0.3) is 0 Å². The SMILES string of the molecule is COO/C=N/[C@H](CC(=O)C(C)C)Cc1cccs1. The van der Waals surface area contributed by atoms with Gasteiger partial charge in [-0.3, -0.25) is 9.79 Å². The van der Waals surface area contributed by atoms with E-state index in [1.165, 1.54) is 18.4 Å². The molecule has 0 saturated heterocycles. The molecule has 0 aliphatic heterocycles. The Balaban J connectivity index is 2.59. The Morgan fingerprint density at radius 2 is 2.33 bits per heavy atom. The molecule has 0 unspecified atom stereocenters. The topological polar surface area (TPSA) is 47.9 Å². The van der Waals surface area contributed by atoms with E-state index in [1.807, 2.05) is 31.4 Å². The number of ketones is 1. The van der Waals surface area contributed by atoms with Gasteiger partial charge < -0.3 is 4.89 Å². The molecule has 0 aromatic carbocycles. The fourth-order valence-corrected chi connectivity index (χ4v) is 2.24. The van der Waals surface area contributed by atoms with Gasteiger partial charge in [-0.05, 0) is 11.4 Å². The number of Topliss-reactive ketones (excluding diaryl/α,β-unsaturated/α-hetero) is 1. The molecule has 1 atom stereocenters. The normalized spacial score (nSPS) is 13.1. The van der Waals surface area contributed by atoms with E-state index in [0.717, 1.165) is 6.42 Å². The van der Waals surface area contributed by atoms with Gasteiger partial charge in [0.2, 0.25) is 6.40 Å². The van der Waals surface area contributed by atoms with Crippen LogP contribution in [-0.2, 0) is 21.0 Å². The number of aliphatic imine (C=N–C) groups is 1. The molecule has 0 aliphatic carbocycles. The lowest BCUT2D eigenvalue weighted by molar-refractivity contribution is -0.188. The molecule has 0 N–H and O–H groups in total. The van der Waals surface area contributed by atoms with Crippen molar-refractivity contribution in [2.45, 2.75) is 32.7 Å². The average molecular weight is 269 g/mol. The summed E-state index contributed by atoms with van der Waals surface area (Å²) in [6, 6.07) is 3.95. The highest BCUT2D eigenvalue weighted by molar-refractivity contribution is 7.09. The maximum Gasteiger partial charge on any atom is 0.215 e. The number of rotatable bonds is 8. The summed E-state index contributed by atoms with van der Waals surface area (Å²) in [7, 11) is 1.42. The number of carbonyl (C=O) groups is 1. The van der Waals surface area contributed by atoms with Crippen molar-refractivity contribution in [1.82, 2.24) is 0 Å². The molecule has 0 spiro atoms. The summed E-state index contributed by atoms with van der Waals surface area (Å²) < 4.78 is 0. The van der Waals surface area contributed by atoms with E-state index < -0.39 is 0 Å². The van der Waals surface area contributed by atoms with Crippen LogP contribution in [0.4, 0.5) is 0 Å². The molecule has 0 aliphatic rings. The van der Waals surface area contributed by atoms with Gasteiger partial charge in [0.05, 0.1) is 13.2 Å². The van der Waals surface area contributed by atoms with E-state index in [1.54, 1.807) is 11.3 Å². The van der Waals surface area contributed by atoms with Crippen LogP contribution in [0.3, 0.4) is 0 Å². The van der Waals surface area contributed by atoms with Crippen LogP contribution in [0.2, 0.25) is 0 Å². The van der Waals surface area contributed by atoms with Crippen LogP contribution in [0.1, 0.15) is 25.1 Å². The van der Waals surface area contributed by atoms with Crippen molar-refractivity contribution in [3.05, 3.63) is 22.4 Å². The van der Waals surface area contributed by atoms with Crippen molar-refractivity contribution in [2.75, 3.05) is 7.11 Å². The van der Waals surface area contributed by atoms with Crippen LogP contribution in [0.15, 0.2) is 22.5 Å². The summed E-state index contributed by atoms with van der Waals surface area (Å²) in [6.45, 7) is 3.81. The summed E-state index contributed by atoms with van der Waals surface area (Å²) in [5, 5.41) is 2.02. The fraction of sp³-hybridized carbons (Fsp3) is 0.538. The second kappa shape index (κ2) is 8.00. The third-order valence-electron chi connectivity index (χ3n) is 2.51. The molecule has 0 bridgehead atoms. The molecule has 1 rings (SSSR count). The highest BCUT2D eigenvalue weighted by Crippen LogP contribution is 2.16. The van der Waals surface area contributed by atoms with Crippen molar-refractivity contribution in [2.24, 2.45) is 10.9 Å². The molecule has 5 heteroatoms. The van der Waals surface area contributed by atoms with Crippen molar-refractivity contribution >= 4 is 23.5 Å². The van der Waals surface area contributed by atoms with Gasteiger partial charge in [-0.25, -0.2) is 0 Å². The van der Waals surface area contributed by atoms with Crippen molar-refractivity contribution in [1.29, 1.82) is 0 Å². The van der Waals surface area contributed by atoms with Crippen molar-refractivity contribution < 1.29 is 14.6 Å². The monoisotopic (exact) mass is 269 g/mol. The minimum atomic E-state index is -0.0892. The molecule has 1 aromatic rings. The molecule has 1 aromatic heterocycles. The molecule has 100 valence electrons. The fourth-order valence-electron chi connectivity index (χ4n) is 1.46. The van der Waals surface area contributed by atoms with Crippen molar-refractivity contribution in [3.63, 3.8) is 0 Å². The largest absolute Gasteiger partial charge is 0.326 e. The van der Waals surface area contributed by atoms with E-state index in [9.17, 15) is 4.79 Å². The summed E-state index contributed by atoms with van der Waals surface area (Å²) in [6.07, 6.45) is 2.44. The second-order valence-electron chi connectivity index (χ2n) is 4.28. The molecule has 1 heterocycles. The molecule has 0 saturated carbocycles. The third-order valence-corrected chi connectivity index (χ3v) is 3.41. The lowest BCUT2D eigenvalue weighted by Crippen LogP contribution is -2.18. The molecular weight excluding hydrogens is 250 g/mol. The summed E-state index contributed by atoms with van der Waals surface area (Å²) in [4.78, 5) is 26.3. The Labute approximate surface area is 112 Å². The predicted molar refractivity (Wildman–Crippen MR) is 72.9 cm³/mol. The first-order valence-corrected chi connectivity index (χ1v) is 6.77. The molecule has 0 radical (unpaired) electrons. The van der Waals surface area contributed by atoms with Crippen LogP contribution in [0.5, 0.6) is 0 Å². The number of hydrogen-bond acceptors (Lipinski definition) is 5. The van der Waals surface area contributed by atoms with Gasteiger partial charge in [0.1, 0.15) is 5.78 Å². The quantitative estimate of drug-likeness (QED) is 0.315. The van der Waals surface area contributed by atoms with Gasteiger partial charge in [-0.1, -0.05) is 19.9 Å². The minimum absolute atomic E-state index is 0.0365. The lowest BCUT2D eigenvalue weighted by atomic mass is 10.00. The zero-order valence-electron chi connectivity index (χ0n) is 11.0. The number of carbonyl (C=O) groups excluding carboxylic acids is 1. The number of hydrogen-bond donors (Lipinski definition) is 0. The Hall–Kier alpha value is -1.20. The first kappa shape index (κ1) is 14.9. The maximum absolute atomic E-state index is 11.8. The van der Waals surface area contributed by atoms with Crippen LogP contribution in [0, 0.1) is 5.92 Å². The van der Waals surface area contributed by atoms with E-state index >= 15 is 0 Å². The van der Waals surface area contributed by atoms with Gasteiger partial charge in [-0.2, -0.15) is 4.89 Å². The Kier molecular flexibility index (Phi) is 6.60. The maximum atomic E-state index is 11.8. The van der Waals surface area contributed by atoms with Gasteiger partial charge >= 0.3 is 0 Å². The first-order valence-electron chi connectivity index (χ1n) is 5.89. The van der Waals surface area contributed by atoms with Gasteiger partial charge in [0, 0.05) is 23.6 Å². The van der Waals surface area contributed by atoms with E-state index in [-0.39, 0.29) is 17.7 Å². The average Bonchev–Trinajstić information content (AvgIpc) is 2.81. The first-order chi connectivity index (χ1) is 8.63. The minimum Gasteiger partial charge on any atom is -0.326 e. The van der Waals surface area contributed by atoms with E-state index in [0.29, 0.717) is 6.42 Å².